The van der Waals surface area contributed by atoms with Crippen LogP contribution < -0.4 is 0 Å². The van der Waals surface area contributed by atoms with Crippen LogP contribution in [-0.4, -0.2) is 12.6 Å². The number of rotatable bonds is 5. The van der Waals surface area contributed by atoms with E-state index < -0.39 is 0 Å². The molecule has 21 heavy (non-hydrogen) atoms. The van der Waals surface area contributed by atoms with E-state index in [2.05, 4.69) is 27.4 Å². The van der Waals surface area contributed by atoms with Crippen molar-refractivity contribution in [2.24, 2.45) is 22.7 Å². The van der Waals surface area contributed by atoms with Crippen molar-refractivity contribution in [3.8, 4) is 0 Å². The molecule has 0 radical (unpaired) electrons. The van der Waals surface area contributed by atoms with Gasteiger partial charge in [0.25, 0.3) is 6.47 Å². The van der Waals surface area contributed by atoms with E-state index in [0.29, 0.717) is 23.2 Å². The number of hydrogen-bond donors (Lipinski definition) is 0. The molecule has 2 aliphatic rings. The summed E-state index contributed by atoms with van der Waals surface area (Å²) in [5.41, 5.74) is 2.28. The SMILES string of the molecule is C=C1CCC2C(C)(C)CCC[C@]2(C)[C@H]1CC[C@@H](C)OC=O. The number of carbonyl (C=O) groups is 1. The molecular weight excluding hydrogens is 260 g/mol. The van der Waals surface area contributed by atoms with Crippen molar-refractivity contribution in [1.29, 1.82) is 0 Å². The van der Waals surface area contributed by atoms with E-state index in [1.165, 1.54) is 37.7 Å². The molecule has 120 valence electrons. The Morgan fingerprint density at radius 1 is 1.38 bits per heavy atom. The molecule has 0 spiro atoms. The van der Waals surface area contributed by atoms with E-state index in [9.17, 15) is 4.79 Å². The monoisotopic (exact) mass is 292 g/mol. The predicted octanol–water partition coefficient (Wildman–Crippen LogP) is 5.13. The van der Waals surface area contributed by atoms with Crippen molar-refractivity contribution in [1.82, 2.24) is 0 Å². The molecule has 0 bridgehead atoms. The van der Waals surface area contributed by atoms with Gasteiger partial charge in [0.15, 0.2) is 0 Å². The van der Waals surface area contributed by atoms with Crippen LogP contribution in [0.15, 0.2) is 12.2 Å². The molecule has 0 amide bonds. The number of hydrogen-bond acceptors (Lipinski definition) is 2. The first kappa shape index (κ1) is 16.6. The fourth-order valence-corrected chi connectivity index (χ4v) is 5.37. The Hall–Kier alpha value is -0.790. The normalized spacial score (nSPS) is 36.7. The van der Waals surface area contributed by atoms with E-state index in [1.807, 2.05) is 6.92 Å². The molecule has 2 rings (SSSR count). The van der Waals surface area contributed by atoms with Crippen LogP contribution in [0.25, 0.3) is 0 Å². The summed E-state index contributed by atoms with van der Waals surface area (Å²) in [6.07, 6.45) is 8.59. The second-order valence-corrected chi connectivity index (χ2v) is 8.27. The van der Waals surface area contributed by atoms with Gasteiger partial charge < -0.3 is 4.74 Å². The van der Waals surface area contributed by atoms with Gasteiger partial charge in [-0.3, -0.25) is 4.79 Å². The third-order valence-electron chi connectivity index (χ3n) is 6.47. The third kappa shape index (κ3) is 3.19. The van der Waals surface area contributed by atoms with Gasteiger partial charge in [-0.05, 0) is 68.1 Å². The van der Waals surface area contributed by atoms with Crippen molar-refractivity contribution < 1.29 is 9.53 Å². The standard InChI is InChI=1S/C19H32O2/c1-14-7-10-17-18(3,4)11-6-12-19(17,5)16(14)9-8-15(2)21-13-20/h13,15-17H,1,6-12H2,2-5H3/t15-,16+,17?,19-/m1/s1. The minimum atomic E-state index is 0.0240. The van der Waals surface area contributed by atoms with Gasteiger partial charge in [0, 0.05) is 0 Å². The summed E-state index contributed by atoms with van der Waals surface area (Å²) >= 11 is 0. The average Bonchev–Trinajstić information content (AvgIpc) is 2.37. The summed E-state index contributed by atoms with van der Waals surface area (Å²) in [4.78, 5) is 10.5. The maximum Gasteiger partial charge on any atom is 0.293 e. The van der Waals surface area contributed by atoms with Crippen LogP contribution in [0, 0.1) is 22.7 Å². The number of carbonyl (C=O) groups excluding carboxylic acids is 1. The fourth-order valence-electron chi connectivity index (χ4n) is 5.37. The Balaban J connectivity index is 2.13. The first-order valence-corrected chi connectivity index (χ1v) is 8.58. The van der Waals surface area contributed by atoms with Crippen LogP contribution >= 0.6 is 0 Å². The lowest BCUT2D eigenvalue weighted by Crippen LogP contribution is -2.49. The number of fused-ring (bicyclic) bond motifs is 1. The first-order chi connectivity index (χ1) is 9.81. The van der Waals surface area contributed by atoms with Crippen molar-refractivity contribution in [3.05, 3.63) is 12.2 Å². The molecule has 0 saturated heterocycles. The van der Waals surface area contributed by atoms with E-state index >= 15 is 0 Å². The topological polar surface area (TPSA) is 26.3 Å². The van der Waals surface area contributed by atoms with Crippen LogP contribution in [0.4, 0.5) is 0 Å². The van der Waals surface area contributed by atoms with E-state index in [-0.39, 0.29) is 6.10 Å². The van der Waals surface area contributed by atoms with Gasteiger partial charge >= 0.3 is 0 Å². The van der Waals surface area contributed by atoms with Crippen molar-refractivity contribution in [2.75, 3.05) is 0 Å². The summed E-state index contributed by atoms with van der Waals surface area (Å²) in [6.45, 7) is 14.4. The van der Waals surface area contributed by atoms with Crippen molar-refractivity contribution in [3.63, 3.8) is 0 Å². The van der Waals surface area contributed by atoms with Crippen LogP contribution in [0.1, 0.15) is 72.6 Å². The molecule has 0 aromatic rings. The molecule has 4 atom stereocenters. The Bertz CT molecular complexity index is 398. The second-order valence-electron chi connectivity index (χ2n) is 8.27. The van der Waals surface area contributed by atoms with Gasteiger partial charge in [-0.15, -0.1) is 0 Å². The zero-order chi connectivity index (χ0) is 15.7. The molecular formula is C19H32O2. The molecule has 2 saturated carbocycles. The maximum absolute atomic E-state index is 10.5. The van der Waals surface area contributed by atoms with Gasteiger partial charge in [0.1, 0.15) is 0 Å². The Morgan fingerprint density at radius 3 is 2.76 bits per heavy atom. The lowest BCUT2D eigenvalue weighted by Gasteiger charge is -2.58. The molecule has 2 aliphatic carbocycles. The van der Waals surface area contributed by atoms with Gasteiger partial charge in [0.05, 0.1) is 6.10 Å². The summed E-state index contributed by atoms with van der Waals surface area (Å²) in [5.74, 6) is 1.39. The molecule has 1 unspecified atom stereocenters. The molecule has 2 nitrogen and oxygen atoms in total. The van der Waals surface area contributed by atoms with E-state index in [1.54, 1.807) is 0 Å². The molecule has 0 N–H and O–H groups in total. The van der Waals surface area contributed by atoms with Crippen LogP contribution in [0.3, 0.4) is 0 Å². The highest BCUT2D eigenvalue weighted by Gasteiger charge is 2.52. The van der Waals surface area contributed by atoms with Gasteiger partial charge in [-0.25, -0.2) is 0 Å². The Labute approximate surface area is 130 Å². The molecule has 0 aromatic carbocycles. The smallest absolute Gasteiger partial charge is 0.293 e. The Kier molecular flexibility index (Phi) is 4.85. The minimum Gasteiger partial charge on any atom is -0.465 e. The predicted molar refractivity (Wildman–Crippen MR) is 86.9 cm³/mol. The summed E-state index contributed by atoms with van der Waals surface area (Å²) < 4.78 is 5.07. The molecule has 0 aliphatic heterocycles. The maximum atomic E-state index is 10.5. The fraction of sp³-hybridized carbons (Fsp3) is 0.842. The third-order valence-corrected chi connectivity index (χ3v) is 6.47. The zero-order valence-electron chi connectivity index (χ0n) is 14.3. The Morgan fingerprint density at radius 2 is 2.10 bits per heavy atom. The summed E-state index contributed by atoms with van der Waals surface area (Å²) in [7, 11) is 0. The minimum absolute atomic E-state index is 0.0240. The molecule has 2 heteroatoms. The molecule has 2 fully saturated rings. The zero-order valence-corrected chi connectivity index (χ0v) is 14.3. The average molecular weight is 292 g/mol. The van der Waals surface area contributed by atoms with Crippen LogP contribution in [0.5, 0.6) is 0 Å². The quantitative estimate of drug-likeness (QED) is 0.519. The highest BCUT2D eigenvalue weighted by Crippen LogP contribution is 2.61. The van der Waals surface area contributed by atoms with Crippen LogP contribution in [-0.2, 0) is 9.53 Å². The van der Waals surface area contributed by atoms with Crippen LogP contribution in [0.2, 0.25) is 0 Å². The lowest BCUT2D eigenvalue weighted by atomic mass is 9.47. The van der Waals surface area contributed by atoms with E-state index in [0.717, 1.165) is 18.8 Å². The van der Waals surface area contributed by atoms with Gasteiger partial charge in [0.2, 0.25) is 0 Å². The lowest BCUT2D eigenvalue weighted by molar-refractivity contribution is -0.133. The highest BCUT2D eigenvalue weighted by atomic mass is 16.5. The largest absolute Gasteiger partial charge is 0.465 e. The summed E-state index contributed by atoms with van der Waals surface area (Å²) in [5, 5.41) is 0. The summed E-state index contributed by atoms with van der Waals surface area (Å²) in [6, 6.07) is 0. The van der Waals surface area contributed by atoms with Crippen molar-refractivity contribution >= 4 is 6.47 Å². The second kappa shape index (κ2) is 6.14. The first-order valence-electron chi connectivity index (χ1n) is 8.58. The molecule has 0 aromatic heterocycles. The highest BCUT2D eigenvalue weighted by molar-refractivity contribution is 5.37. The van der Waals surface area contributed by atoms with E-state index in [4.69, 9.17) is 4.74 Å². The van der Waals surface area contributed by atoms with Crippen molar-refractivity contribution in [2.45, 2.75) is 78.7 Å². The molecule has 0 heterocycles. The van der Waals surface area contributed by atoms with Gasteiger partial charge in [-0.2, -0.15) is 0 Å². The number of ether oxygens (including phenoxy) is 1. The van der Waals surface area contributed by atoms with Gasteiger partial charge in [-0.1, -0.05) is 39.3 Å². The number of allylic oxidation sites excluding steroid dienone is 1.